The summed E-state index contributed by atoms with van der Waals surface area (Å²) in [4.78, 5) is 47.6. The van der Waals surface area contributed by atoms with Crippen LogP contribution in [0, 0.1) is 6.92 Å². The number of benzene rings is 2. The number of para-hydroxylation sites is 2. The molecule has 0 aliphatic heterocycles. The molecule has 0 aliphatic carbocycles. The fourth-order valence-electron chi connectivity index (χ4n) is 2.83. The molecule has 0 fully saturated rings. The summed E-state index contributed by atoms with van der Waals surface area (Å²) in [7, 11) is 1.26. The monoisotopic (exact) mass is 412 g/mol. The van der Waals surface area contributed by atoms with Gasteiger partial charge in [-0.25, -0.2) is 9.59 Å². The number of rotatable bonds is 7. The third kappa shape index (κ3) is 4.75. The van der Waals surface area contributed by atoms with Gasteiger partial charge in [0.05, 0.1) is 24.6 Å². The Balaban J connectivity index is 1.54. The van der Waals surface area contributed by atoms with E-state index in [1.54, 1.807) is 43.3 Å². The minimum Gasteiger partial charge on any atom is -0.465 e. The van der Waals surface area contributed by atoms with Crippen LogP contribution in [0.1, 0.15) is 22.3 Å². The van der Waals surface area contributed by atoms with Crippen LogP contribution in [0.3, 0.4) is 0 Å². The van der Waals surface area contributed by atoms with Crippen LogP contribution < -0.4 is 11.1 Å². The number of ether oxygens (including phenoxy) is 2. The van der Waals surface area contributed by atoms with Gasteiger partial charge in [0.2, 0.25) is 0 Å². The van der Waals surface area contributed by atoms with Crippen LogP contribution in [0.2, 0.25) is 0 Å². The number of nitrogens with one attached hydrogen (secondary N) is 1. The predicted octanol–water partition coefficient (Wildman–Crippen LogP) is 2.26. The maximum atomic E-state index is 12.1. The van der Waals surface area contributed by atoms with Crippen LogP contribution in [0.15, 0.2) is 51.7 Å². The molecular formula is C21H20N2O7. The summed E-state index contributed by atoms with van der Waals surface area (Å²) >= 11 is 0. The standard InChI is InChI=1S/C21H20N2O7/c1-13-7-8-14(20(26)28-2)11-15(13)22-18(24)12-29-19(25)9-10-23-16-5-3-4-6-17(16)30-21(23)27/h3-8,11H,9-10,12H2,1-2H3,(H,22,24). The zero-order valence-electron chi connectivity index (χ0n) is 16.5. The van der Waals surface area contributed by atoms with E-state index in [9.17, 15) is 19.2 Å². The molecule has 1 amide bonds. The van der Waals surface area contributed by atoms with Crippen LogP contribution in [0.25, 0.3) is 11.1 Å². The summed E-state index contributed by atoms with van der Waals surface area (Å²) in [5.74, 6) is -2.29. The van der Waals surface area contributed by atoms with Gasteiger partial charge in [0.15, 0.2) is 12.2 Å². The van der Waals surface area contributed by atoms with E-state index in [2.05, 4.69) is 10.1 Å². The molecule has 3 rings (SSSR count). The second-order valence-electron chi connectivity index (χ2n) is 6.47. The number of hydrogen-bond donors (Lipinski definition) is 1. The Morgan fingerprint density at radius 3 is 2.67 bits per heavy atom. The number of aromatic nitrogens is 1. The summed E-state index contributed by atoms with van der Waals surface area (Å²) in [6.45, 7) is 1.33. The topological polar surface area (TPSA) is 117 Å². The first kappa shape index (κ1) is 20.8. The Labute approximate surface area is 171 Å². The average Bonchev–Trinajstić information content (AvgIpc) is 3.06. The number of esters is 2. The smallest absolute Gasteiger partial charge is 0.419 e. The van der Waals surface area contributed by atoms with Crippen molar-refractivity contribution in [3.8, 4) is 0 Å². The second kappa shape index (κ2) is 9.08. The lowest BCUT2D eigenvalue weighted by molar-refractivity contribution is -0.147. The van der Waals surface area contributed by atoms with Crippen molar-refractivity contribution in [3.05, 3.63) is 64.1 Å². The zero-order valence-corrected chi connectivity index (χ0v) is 16.5. The summed E-state index contributed by atoms with van der Waals surface area (Å²) in [5, 5.41) is 2.59. The van der Waals surface area contributed by atoms with Gasteiger partial charge in [-0.1, -0.05) is 18.2 Å². The van der Waals surface area contributed by atoms with Gasteiger partial charge in [-0.2, -0.15) is 0 Å². The van der Waals surface area contributed by atoms with E-state index >= 15 is 0 Å². The van der Waals surface area contributed by atoms with Gasteiger partial charge < -0.3 is 19.2 Å². The second-order valence-corrected chi connectivity index (χ2v) is 6.47. The number of fused-ring (bicyclic) bond motifs is 1. The molecule has 1 aromatic heterocycles. The third-order valence-electron chi connectivity index (χ3n) is 4.41. The van der Waals surface area contributed by atoms with Crippen molar-refractivity contribution in [2.45, 2.75) is 19.9 Å². The van der Waals surface area contributed by atoms with E-state index in [4.69, 9.17) is 9.15 Å². The van der Waals surface area contributed by atoms with E-state index in [1.807, 2.05) is 0 Å². The van der Waals surface area contributed by atoms with E-state index in [-0.39, 0.29) is 18.5 Å². The zero-order chi connectivity index (χ0) is 21.7. The molecule has 2 aromatic carbocycles. The highest BCUT2D eigenvalue weighted by Gasteiger charge is 2.14. The Hall–Kier alpha value is -3.88. The highest BCUT2D eigenvalue weighted by Crippen LogP contribution is 2.17. The molecule has 30 heavy (non-hydrogen) atoms. The lowest BCUT2D eigenvalue weighted by atomic mass is 10.1. The van der Waals surface area contributed by atoms with Crippen LogP contribution in [-0.4, -0.2) is 36.1 Å². The van der Waals surface area contributed by atoms with Crippen molar-refractivity contribution in [1.29, 1.82) is 0 Å². The van der Waals surface area contributed by atoms with E-state index in [0.717, 1.165) is 5.56 Å². The molecule has 0 saturated heterocycles. The maximum absolute atomic E-state index is 12.1. The van der Waals surface area contributed by atoms with Crippen molar-refractivity contribution < 1.29 is 28.3 Å². The van der Waals surface area contributed by atoms with Gasteiger partial charge in [0, 0.05) is 12.2 Å². The van der Waals surface area contributed by atoms with Gasteiger partial charge >= 0.3 is 17.7 Å². The van der Waals surface area contributed by atoms with Crippen molar-refractivity contribution in [1.82, 2.24) is 4.57 Å². The minimum atomic E-state index is -0.637. The highest BCUT2D eigenvalue weighted by atomic mass is 16.5. The van der Waals surface area contributed by atoms with Gasteiger partial charge in [-0.05, 0) is 36.8 Å². The van der Waals surface area contributed by atoms with Crippen molar-refractivity contribution in [2.75, 3.05) is 19.0 Å². The summed E-state index contributed by atoms with van der Waals surface area (Å²) in [6.07, 6.45) is -0.104. The highest BCUT2D eigenvalue weighted by molar-refractivity contribution is 5.96. The number of carbonyl (C=O) groups excluding carboxylic acids is 3. The molecule has 1 N–H and O–H groups in total. The third-order valence-corrected chi connectivity index (χ3v) is 4.41. The van der Waals surface area contributed by atoms with Gasteiger partial charge in [0.1, 0.15) is 0 Å². The Bertz CT molecular complexity index is 1160. The minimum absolute atomic E-state index is 0.0661. The Morgan fingerprint density at radius 1 is 1.13 bits per heavy atom. The van der Waals surface area contributed by atoms with Crippen molar-refractivity contribution >= 4 is 34.6 Å². The normalized spacial score (nSPS) is 10.6. The maximum Gasteiger partial charge on any atom is 0.419 e. The quantitative estimate of drug-likeness (QED) is 0.592. The first-order valence-corrected chi connectivity index (χ1v) is 9.12. The van der Waals surface area contributed by atoms with Crippen molar-refractivity contribution in [2.24, 2.45) is 0 Å². The number of nitrogens with zero attached hydrogens (tertiary/aromatic N) is 1. The molecule has 0 unspecified atom stereocenters. The number of anilines is 1. The first-order chi connectivity index (χ1) is 14.4. The fraction of sp³-hybridized carbons (Fsp3) is 0.238. The van der Waals surface area contributed by atoms with Crippen molar-refractivity contribution in [3.63, 3.8) is 0 Å². The molecule has 0 radical (unpaired) electrons. The number of aryl methyl sites for hydroxylation is 2. The van der Waals surface area contributed by atoms with Gasteiger partial charge in [0.25, 0.3) is 5.91 Å². The van der Waals surface area contributed by atoms with E-state index in [1.165, 1.54) is 17.7 Å². The predicted molar refractivity (Wildman–Crippen MR) is 107 cm³/mol. The lowest BCUT2D eigenvalue weighted by Crippen LogP contribution is -2.23. The Kier molecular flexibility index (Phi) is 6.31. The van der Waals surface area contributed by atoms with Gasteiger partial charge in [-0.15, -0.1) is 0 Å². The molecule has 9 nitrogen and oxygen atoms in total. The van der Waals surface area contributed by atoms with E-state index in [0.29, 0.717) is 16.8 Å². The molecule has 156 valence electrons. The first-order valence-electron chi connectivity index (χ1n) is 9.12. The number of carbonyl (C=O) groups is 3. The van der Waals surface area contributed by atoms with Crippen LogP contribution >= 0.6 is 0 Å². The van der Waals surface area contributed by atoms with Crippen LogP contribution in [0.4, 0.5) is 5.69 Å². The molecule has 0 bridgehead atoms. The van der Waals surface area contributed by atoms with Gasteiger partial charge in [-0.3, -0.25) is 14.2 Å². The Morgan fingerprint density at radius 2 is 1.90 bits per heavy atom. The number of amides is 1. The molecule has 3 aromatic rings. The molecule has 1 heterocycles. The average molecular weight is 412 g/mol. The summed E-state index contributed by atoms with van der Waals surface area (Å²) in [5.41, 5.74) is 2.44. The largest absolute Gasteiger partial charge is 0.465 e. The molecule has 0 atom stereocenters. The van der Waals surface area contributed by atoms with Crippen LogP contribution in [-0.2, 0) is 25.6 Å². The molecule has 9 heteroatoms. The number of hydrogen-bond acceptors (Lipinski definition) is 7. The number of oxazole rings is 1. The molecule has 0 spiro atoms. The molecular weight excluding hydrogens is 392 g/mol. The fourth-order valence-corrected chi connectivity index (χ4v) is 2.83. The lowest BCUT2D eigenvalue weighted by Gasteiger charge is -2.10. The summed E-state index contributed by atoms with van der Waals surface area (Å²) in [6, 6.07) is 11.6. The SMILES string of the molecule is COC(=O)c1ccc(C)c(NC(=O)COC(=O)CCn2c(=O)oc3ccccc32)c1. The summed E-state index contributed by atoms with van der Waals surface area (Å²) < 4.78 is 16.1. The number of methoxy groups -OCH3 is 1. The van der Waals surface area contributed by atoms with E-state index < -0.39 is 30.2 Å². The van der Waals surface area contributed by atoms with Crippen LogP contribution in [0.5, 0.6) is 0 Å². The molecule has 0 aliphatic rings. The molecule has 0 saturated carbocycles.